The molecule has 0 aliphatic carbocycles. The van der Waals surface area contributed by atoms with Crippen molar-refractivity contribution in [2.24, 2.45) is 0 Å². The molecule has 2 rings (SSSR count). The molecule has 2 heterocycles. The van der Waals surface area contributed by atoms with Crippen LogP contribution in [-0.4, -0.2) is 27.2 Å². The lowest BCUT2D eigenvalue weighted by atomic mass is 10.4. The molecule has 2 aromatic rings. The highest BCUT2D eigenvalue weighted by Gasteiger charge is 2.06. The van der Waals surface area contributed by atoms with Gasteiger partial charge in [0.1, 0.15) is 0 Å². The van der Waals surface area contributed by atoms with Gasteiger partial charge in [-0.25, -0.2) is 4.98 Å². The fourth-order valence-electron chi connectivity index (χ4n) is 0.835. The van der Waals surface area contributed by atoms with Gasteiger partial charge in [-0.15, -0.1) is 0 Å². The first-order valence-electron chi connectivity index (χ1n) is 3.53. The SMILES string of the molecule is COc1cncc(-c2ncno2)n1. The zero-order valence-electron chi connectivity index (χ0n) is 6.84. The summed E-state index contributed by atoms with van der Waals surface area (Å²) in [7, 11) is 1.52. The van der Waals surface area contributed by atoms with Gasteiger partial charge < -0.3 is 9.26 Å². The van der Waals surface area contributed by atoms with Gasteiger partial charge in [-0.1, -0.05) is 5.16 Å². The Morgan fingerprint density at radius 3 is 3.00 bits per heavy atom. The molecule has 6 heteroatoms. The maximum Gasteiger partial charge on any atom is 0.277 e. The van der Waals surface area contributed by atoms with E-state index in [4.69, 9.17) is 9.26 Å². The number of methoxy groups -OCH3 is 1. The topological polar surface area (TPSA) is 73.9 Å². The summed E-state index contributed by atoms with van der Waals surface area (Å²) in [6.07, 6.45) is 4.33. The zero-order chi connectivity index (χ0) is 9.10. The third-order valence-electron chi connectivity index (χ3n) is 1.40. The smallest absolute Gasteiger partial charge is 0.277 e. The van der Waals surface area contributed by atoms with Crippen LogP contribution in [-0.2, 0) is 0 Å². The standard InChI is InChI=1S/C7H6N4O2/c1-12-6-3-8-2-5(11-6)7-9-4-10-13-7/h2-4H,1H3. The van der Waals surface area contributed by atoms with Crippen molar-refractivity contribution in [3.05, 3.63) is 18.7 Å². The Labute approximate surface area is 73.6 Å². The monoisotopic (exact) mass is 178 g/mol. The molecule has 0 aliphatic rings. The molecule has 0 saturated carbocycles. The molecule has 66 valence electrons. The molecule has 0 aliphatic heterocycles. The molecule has 0 amide bonds. The van der Waals surface area contributed by atoms with Gasteiger partial charge in [0.2, 0.25) is 5.88 Å². The van der Waals surface area contributed by atoms with Crippen LogP contribution in [0.5, 0.6) is 5.88 Å². The average molecular weight is 178 g/mol. The van der Waals surface area contributed by atoms with E-state index in [1.54, 1.807) is 0 Å². The van der Waals surface area contributed by atoms with Crippen LogP contribution in [0, 0.1) is 0 Å². The van der Waals surface area contributed by atoms with Crippen molar-refractivity contribution in [2.45, 2.75) is 0 Å². The van der Waals surface area contributed by atoms with Crippen molar-refractivity contribution < 1.29 is 9.26 Å². The Morgan fingerprint density at radius 1 is 1.38 bits per heavy atom. The predicted molar refractivity (Wildman–Crippen MR) is 41.9 cm³/mol. The minimum atomic E-state index is 0.325. The van der Waals surface area contributed by atoms with Gasteiger partial charge in [-0.05, 0) is 0 Å². The highest BCUT2D eigenvalue weighted by atomic mass is 16.5. The lowest BCUT2D eigenvalue weighted by molar-refractivity contribution is 0.393. The maximum atomic E-state index is 4.89. The summed E-state index contributed by atoms with van der Waals surface area (Å²) in [5.41, 5.74) is 0.497. The first kappa shape index (κ1) is 7.66. The number of ether oxygens (including phenoxy) is 1. The largest absolute Gasteiger partial charge is 0.480 e. The van der Waals surface area contributed by atoms with Crippen LogP contribution < -0.4 is 4.74 Å². The lowest BCUT2D eigenvalue weighted by Gasteiger charge is -1.97. The average Bonchev–Trinajstić information content (AvgIpc) is 2.71. The molecule has 0 spiro atoms. The van der Waals surface area contributed by atoms with Gasteiger partial charge in [0.05, 0.1) is 19.5 Å². The van der Waals surface area contributed by atoms with Gasteiger partial charge in [0.25, 0.3) is 5.89 Å². The van der Waals surface area contributed by atoms with Crippen LogP contribution in [0.1, 0.15) is 0 Å². The fraction of sp³-hybridized carbons (Fsp3) is 0.143. The van der Waals surface area contributed by atoms with E-state index < -0.39 is 0 Å². The zero-order valence-corrected chi connectivity index (χ0v) is 6.84. The molecule has 0 N–H and O–H groups in total. The molecule has 0 radical (unpaired) electrons. The number of hydrogen-bond donors (Lipinski definition) is 0. The highest BCUT2D eigenvalue weighted by Crippen LogP contribution is 2.14. The molecule has 0 fully saturated rings. The second-order valence-electron chi connectivity index (χ2n) is 2.19. The first-order valence-corrected chi connectivity index (χ1v) is 3.53. The predicted octanol–water partition coefficient (Wildman–Crippen LogP) is 0.535. The third kappa shape index (κ3) is 1.46. The maximum absolute atomic E-state index is 4.89. The molecule has 0 saturated heterocycles. The summed E-state index contributed by atoms with van der Waals surface area (Å²) in [6.45, 7) is 0. The van der Waals surface area contributed by atoms with Crippen LogP contribution in [0.25, 0.3) is 11.6 Å². The van der Waals surface area contributed by atoms with E-state index in [1.807, 2.05) is 0 Å². The van der Waals surface area contributed by atoms with E-state index in [9.17, 15) is 0 Å². The van der Waals surface area contributed by atoms with Crippen LogP contribution >= 0.6 is 0 Å². The van der Waals surface area contributed by atoms with Crippen molar-refractivity contribution in [1.29, 1.82) is 0 Å². The minimum absolute atomic E-state index is 0.325. The highest BCUT2D eigenvalue weighted by molar-refractivity contribution is 5.44. The number of hydrogen-bond acceptors (Lipinski definition) is 6. The molecule has 6 nitrogen and oxygen atoms in total. The van der Waals surface area contributed by atoms with Crippen molar-refractivity contribution in [3.63, 3.8) is 0 Å². The van der Waals surface area contributed by atoms with Crippen molar-refractivity contribution >= 4 is 0 Å². The van der Waals surface area contributed by atoms with Crippen molar-refractivity contribution in [3.8, 4) is 17.5 Å². The van der Waals surface area contributed by atoms with E-state index >= 15 is 0 Å². The second kappa shape index (κ2) is 3.18. The Balaban J connectivity index is 2.41. The summed E-state index contributed by atoms with van der Waals surface area (Å²) in [6, 6.07) is 0. The van der Waals surface area contributed by atoms with Gasteiger partial charge in [-0.3, -0.25) is 4.98 Å². The Hall–Kier alpha value is -1.98. The Morgan fingerprint density at radius 2 is 2.31 bits per heavy atom. The second-order valence-corrected chi connectivity index (χ2v) is 2.19. The molecule has 2 aromatic heterocycles. The number of aromatic nitrogens is 4. The van der Waals surface area contributed by atoms with Gasteiger partial charge in [-0.2, -0.15) is 4.98 Å². The van der Waals surface area contributed by atoms with Gasteiger partial charge in [0, 0.05) is 0 Å². The molecule has 0 bridgehead atoms. The summed E-state index contributed by atoms with van der Waals surface area (Å²) in [5.74, 6) is 0.738. The third-order valence-corrected chi connectivity index (χ3v) is 1.40. The van der Waals surface area contributed by atoms with E-state index in [0.29, 0.717) is 17.5 Å². The normalized spacial score (nSPS) is 9.92. The van der Waals surface area contributed by atoms with Crippen molar-refractivity contribution in [2.75, 3.05) is 7.11 Å². The van der Waals surface area contributed by atoms with Crippen molar-refractivity contribution in [1.82, 2.24) is 20.1 Å². The minimum Gasteiger partial charge on any atom is -0.480 e. The van der Waals surface area contributed by atoms with Crippen LogP contribution in [0.2, 0.25) is 0 Å². The molecule has 0 aromatic carbocycles. The van der Waals surface area contributed by atoms with Gasteiger partial charge in [0.15, 0.2) is 12.0 Å². The lowest BCUT2D eigenvalue weighted by Crippen LogP contribution is -1.91. The van der Waals surface area contributed by atoms with E-state index in [1.165, 1.54) is 25.8 Å². The Kier molecular flexibility index (Phi) is 1.87. The molecular formula is C7H6N4O2. The summed E-state index contributed by atoms with van der Waals surface area (Å²) < 4.78 is 9.69. The van der Waals surface area contributed by atoms with E-state index in [-0.39, 0.29) is 0 Å². The van der Waals surface area contributed by atoms with Crippen LogP contribution in [0.15, 0.2) is 23.2 Å². The number of nitrogens with zero attached hydrogens (tertiary/aromatic N) is 4. The number of rotatable bonds is 2. The fourth-order valence-corrected chi connectivity index (χ4v) is 0.835. The Bertz CT molecular complexity index is 387. The summed E-state index contributed by atoms with van der Waals surface area (Å²) >= 11 is 0. The summed E-state index contributed by atoms with van der Waals surface area (Å²) in [5, 5.41) is 3.46. The van der Waals surface area contributed by atoms with E-state index in [0.717, 1.165) is 0 Å². The quantitative estimate of drug-likeness (QED) is 0.667. The molecular weight excluding hydrogens is 172 g/mol. The molecule has 13 heavy (non-hydrogen) atoms. The first-order chi connectivity index (χ1) is 6.40. The summed E-state index contributed by atoms with van der Waals surface area (Å²) in [4.78, 5) is 11.8. The van der Waals surface area contributed by atoms with Crippen LogP contribution in [0.4, 0.5) is 0 Å². The van der Waals surface area contributed by atoms with Crippen LogP contribution in [0.3, 0.4) is 0 Å². The van der Waals surface area contributed by atoms with Gasteiger partial charge >= 0.3 is 0 Å². The molecule has 0 unspecified atom stereocenters. The molecule has 0 atom stereocenters. The van der Waals surface area contributed by atoms with E-state index in [2.05, 4.69) is 20.1 Å².